The van der Waals surface area contributed by atoms with E-state index in [0.717, 1.165) is 9.79 Å². The fraction of sp³-hybridized carbons (Fsp3) is 0. The van der Waals surface area contributed by atoms with Gasteiger partial charge in [-0.15, -0.1) is 4.99 Å². The molecule has 0 heterocycles. The molecule has 0 aliphatic carbocycles. The van der Waals surface area contributed by atoms with Gasteiger partial charge in [0.1, 0.15) is 0 Å². The third kappa shape index (κ3) is 2.95. The SMILES string of the molecule is C#CN=C=S(c1ccccc1)c1ccccc1. The minimum absolute atomic E-state index is 0.310. The van der Waals surface area contributed by atoms with Gasteiger partial charge in [-0.1, -0.05) is 53.3 Å². The van der Waals surface area contributed by atoms with Gasteiger partial charge in [0, 0.05) is 21.0 Å². The van der Waals surface area contributed by atoms with Gasteiger partial charge in [0.05, 0.1) is 0 Å². The highest BCUT2D eigenvalue weighted by Gasteiger charge is 2.01. The summed E-state index contributed by atoms with van der Waals surface area (Å²) in [6.45, 7) is 0. The van der Waals surface area contributed by atoms with E-state index in [2.05, 4.69) is 40.5 Å². The summed E-state index contributed by atoms with van der Waals surface area (Å²) in [6.07, 6.45) is 5.16. The minimum Gasteiger partial charge on any atom is -0.148 e. The van der Waals surface area contributed by atoms with Crippen molar-refractivity contribution < 1.29 is 0 Å². The lowest BCUT2D eigenvalue weighted by Gasteiger charge is -2.05. The topological polar surface area (TPSA) is 12.4 Å². The summed E-state index contributed by atoms with van der Waals surface area (Å²) in [5, 5.41) is 3.02. The number of hydrogen-bond acceptors (Lipinski definition) is 1. The van der Waals surface area contributed by atoms with Crippen LogP contribution in [0, 0.1) is 12.5 Å². The van der Waals surface area contributed by atoms with Crippen molar-refractivity contribution in [3.05, 3.63) is 60.7 Å². The third-order valence-electron chi connectivity index (χ3n) is 2.16. The molecule has 82 valence electrons. The molecular weight excluding hydrogens is 226 g/mol. The minimum atomic E-state index is -0.310. The van der Waals surface area contributed by atoms with Crippen LogP contribution >= 0.6 is 10.5 Å². The Labute approximate surface area is 104 Å². The maximum atomic E-state index is 5.16. The van der Waals surface area contributed by atoms with Crippen molar-refractivity contribution in [3.63, 3.8) is 0 Å². The van der Waals surface area contributed by atoms with E-state index in [9.17, 15) is 0 Å². The largest absolute Gasteiger partial charge is 0.148 e. The van der Waals surface area contributed by atoms with Crippen LogP contribution in [0.15, 0.2) is 75.4 Å². The average molecular weight is 237 g/mol. The van der Waals surface area contributed by atoms with Gasteiger partial charge in [0.15, 0.2) is 0 Å². The fourth-order valence-corrected chi connectivity index (χ4v) is 2.91. The number of hydrogen-bond donors (Lipinski definition) is 0. The van der Waals surface area contributed by atoms with Gasteiger partial charge in [0.2, 0.25) is 0 Å². The summed E-state index contributed by atoms with van der Waals surface area (Å²) in [6, 6.07) is 22.5. The number of isothiocyanates is 1. The van der Waals surface area contributed by atoms with E-state index in [-0.39, 0.29) is 10.5 Å². The van der Waals surface area contributed by atoms with Gasteiger partial charge in [0.25, 0.3) is 0 Å². The standard InChI is InChI=1S/C15H11NS/c1-2-16-13-17(14-9-5-3-6-10-14)15-11-7-4-8-12-15/h1,3-12H. The van der Waals surface area contributed by atoms with E-state index in [1.54, 1.807) is 0 Å². The second-order valence-corrected chi connectivity index (χ2v) is 5.00. The molecule has 2 heteroatoms. The first-order chi connectivity index (χ1) is 8.42. The highest BCUT2D eigenvalue weighted by molar-refractivity contribution is 8.14. The monoisotopic (exact) mass is 237 g/mol. The molecule has 0 aromatic heterocycles. The summed E-state index contributed by atoms with van der Waals surface area (Å²) < 4.78 is 0. The Balaban J connectivity index is 2.57. The second kappa shape index (κ2) is 5.86. The summed E-state index contributed by atoms with van der Waals surface area (Å²) in [4.78, 5) is 6.14. The smallest absolute Gasteiger partial charge is 0.0412 e. The summed E-state index contributed by atoms with van der Waals surface area (Å²) in [5.41, 5.74) is 0. The first-order valence-electron chi connectivity index (χ1n) is 5.17. The quantitative estimate of drug-likeness (QED) is 0.427. The predicted molar refractivity (Wildman–Crippen MR) is 73.3 cm³/mol. The Morgan fingerprint density at radius 1 is 0.824 bits per heavy atom. The van der Waals surface area contributed by atoms with Crippen LogP contribution < -0.4 is 0 Å². The van der Waals surface area contributed by atoms with Crippen molar-refractivity contribution in [2.24, 2.45) is 4.99 Å². The van der Waals surface area contributed by atoms with E-state index in [1.807, 2.05) is 36.4 Å². The lowest BCUT2D eigenvalue weighted by molar-refractivity contribution is 1.40. The number of rotatable bonds is 2. The highest BCUT2D eigenvalue weighted by atomic mass is 32.2. The summed E-state index contributed by atoms with van der Waals surface area (Å²) >= 11 is 0. The third-order valence-corrected chi connectivity index (χ3v) is 3.92. The van der Waals surface area contributed by atoms with Gasteiger partial charge in [-0.25, -0.2) is 0 Å². The summed E-state index contributed by atoms with van der Waals surface area (Å²) in [7, 11) is -0.310. The molecule has 2 rings (SSSR count). The van der Waals surface area contributed by atoms with Crippen LogP contribution in [0.2, 0.25) is 0 Å². The Kier molecular flexibility index (Phi) is 3.94. The molecule has 0 aliphatic rings. The molecule has 0 saturated heterocycles. The molecule has 0 amide bonds. The molecule has 0 N–H and O–H groups in total. The van der Waals surface area contributed by atoms with Crippen molar-refractivity contribution in [2.75, 3.05) is 0 Å². The Bertz CT molecular complexity index is 546. The molecule has 17 heavy (non-hydrogen) atoms. The van der Waals surface area contributed by atoms with Crippen LogP contribution in [-0.4, -0.2) is 5.16 Å². The molecule has 2 aromatic carbocycles. The van der Waals surface area contributed by atoms with Gasteiger partial charge >= 0.3 is 0 Å². The molecule has 0 fully saturated rings. The highest BCUT2D eigenvalue weighted by Crippen LogP contribution is 2.33. The van der Waals surface area contributed by atoms with E-state index < -0.39 is 0 Å². The fourth-order valence-electron chi connectivity index (χ4n) is 1.43. The molecular formula is C15H11NS. The van der Waals surface area contributed by atoms with Crippen LogP contribution in [0.3, 0.4) is 0 Å². The van der Waals surface area contributed by atoms with Gasteiger partial charge in [-0.3, -0.25) is 0 Å². The first-order valence-corrected chi connectivity index (χ1v) is 6.39. The zero-order valence-electron chi connectivity index (χ0n) is 9.21. The zero-order chi connectivity index (χ0) is 11.9. The molecule has 0 radical (unpaired) electrons. The summed E-state index contributed by atoms with van der Waals surface area (Å²) in [5.74, 6) is 0. The molecule has 1 nitrogen and oxygen atoms in total. The van der Waals surface area contributed by atoms with Crippen molar-refractivity contribution in [1.29, 1.82) is 0 Å². The molecule has 0 aliphatic heterocycles. The first kappa shape index (κ1) is 11.4. The number of benzene rings is 2. The molecule has 0 unspecified atom stereocenters. The molecule has 0 spiro atoms. The maximum Gasteiger partial charge on any atom is 0.0412 e. The average Bonchev–Trinajstić information content (AvgIpc) is 2.42. The predicted octanol–water partition coefficient (Wildman–Crippen LogP) is 3.87. The van der Waals surface area contributed by atoms with Crippen molar-refractivity contribution >= 4 is 15.6 Å². The lowest BCUT2D eigenvalue weighted by Crippen LogP contribution is -1.77. The van der Waals surface area contributed by atoms with Gasteiger partial charge < -0.3 is 0 Å². The van der Waals surface area contributed by atoms with Crippen LogP contribution in [0.5, 0.6) is 0 Å². The van der Waals surface area contributed by atoms with Crippen molar-refractivity contribution in [1.82, 2.24) is 0 Å². The number of terminal acetylenes is 1. The molecule has 0 atom stereocenters. The Morgan fingerprint density at radius 2 is 1.29 bits per heavy atom. The van der Waals surface area contributed by atoms with Crippen LogP contribution in [0.1, 0.15) is 0 Å². The van der Waals surface area contributed by atoms with E-state index in [1.165, 1.54) is 0 Å². The van der Waals surface area contributed by atoms with Crippen molar-refractivity contribution in [2.45, 2.75) is 9.79 Å². The van der Waals surface area contributed by atoms with Crippen molar-refractivity contribution in [3.8, 4) is 12.5 Å². The number of aliphatic imine (C=N–C) groups is 1. The normalized spacial score (nSPS) is 9.41. The van der Waals surface area contributed by atoms with E-state index >= 15 is 0 Å². The second-order valence-electron chi connectivity index (χ2n) is 3.26. The van der Waals surface area contributed by atoms with Gasteiger partial charge in [-0.05, 0) is 24.3 Å². The van der Waals surface area contributed by atoms with Gasteiger partial charge in [-0.2, -0.15) is 0 Å². The van der Waals surface area contributed by atoms with Crippen LogP contribution in [-0.2, 0) is 0 Å². The molecule has 0 saturated carbocycles. The number of nitrogens with zero attached hydrogens (tertiary/aromatic N) is 1. The molecule has 2 aromatic rings. The van der Waals surface area contributed by atoms with Crippen LogP contribution in [0.4, 0.5) is 0 Å². The zero-order valence-corrected chi connectivity index (χ0v) is 10.0. The Morgan fingerprint density at radius 3 is 1.71 bits per heavy atom. The lowest BCUT2D eigenvalue weighted by atomic mass is 10.4. The molecule has 0 bridgehead atoms. The van der Waals surface area contributed by atoms with E-state index in [0.29, 0.717) is 0 Å². The van der Waals surface area contributed by atoms with E-state index in [4.69, 9.17) is 6.42 Å². The maximum absolute atomic E-state index is 5.16. The Hall–Kier alpha value is -2.07. The van der Waals surface area contributed by atoms with Crippen LogP contribution in [0.25, 0.3) is 0 Å².